The number of aromatic hydroxyl groups is 1. The molecule has 466 valence electrons. The quantitative estimate of drug-likeness (QED) is 0.0399. The standard InChI is InChI=1S/C58H90N12O13S/c1-33(2)24-41(65-51(76)35(5)14-13-23-59)54(79)67-44(28-47(60)73)55(80)66-43(27-38-17-11-8-12-18-38)56(81)70-50(34(3)4)58(83)68-45(30-71)57(82)69-46(52(77)62-29-48(61)74)31-84-32-49(75)64-42(26-37-15-9-7-10-16-37)53(78)63-36(6)25-39-19-21-40(72)22-20-39/h7,9-10,15-16,19-22,33-36,38,41-46,50,71-72H,8,11-14,17-18,23-32,59H2,1-6H3,(H2,60,73)(H2,61,74)(H,62,77)(H,63,78)(H,64,75)(H,65,76)(H,66,80)(H,67,79)(H,68,83)(H,69,82)(H,70,81)/t35-,36+,41+,42-,43-,44-,45-,46-,50-/m0/s1. The Bertz CT molecular complexity index is 2500. The van der Waals surface area contributed by atoms with Gasteiger partial charge in [-0.05, 0) is 86.6 Å². The number of rotatable bonds is 37. The molecular weight excluding hydrogens is 1100 g/mol. The van der Waals surface area contributed by atoms with E-state index in [0.29, 0.717) is 25.8 Å². The van der Waals surface area contributed by atoms with E-state index in [1.807, 2.05) is 19.9 Å². The minimum absolute atomic E-state index is 0.0405. The molecule has 11 amide bonds. The number of aliphatic hydroxyl groups excluding tert-OH is 1. The van der Waals surface area contributed by atoms with Crippen molar-refractivity contribution >= 4 is 76.7 Å². The summed E-state index contributed by atoms with van der Waals surface area (Å²) in [4.78, 5) is 148. The van der Waals surface area contributed by atoms with Crippen molar-refractivity contribution in [3.05, 3.63) is 65.7 Å². The van der Waals surface area contributed by atoms with Crippen LogP contribution in [0.15, 0.2) is 54.6 Å². The summed E-state index contributed by atoms with van der Waals surface area (Å²) in [6.07, 6.45) is 5.44. The van der Waals surface area contributed by atoms with Gasteiger partial charge in [0.1, 0.15) is 48.0 Å². The monoisotopic (exact) mass is 1190 g/mol. The van der Waals surface area contributed by atoms with E-state index < -0.39 is 139 Å². The second-order valence-corrected chi connectivity index (χ2v) is 23.4. The summed E-state index contributed by atoms with van der Waals surface area (Å²) < 4.78 is 0. The van der Waals surface area contributed by atoms with Gasteiger partial charge in [-0.1, -0.05) is 109 Å². The summed E-state index contributed by atoms with van der Waals surface area (Å²) in [5, 5.41) is 43.6. The van der Waals surface area contributed by atoms with Crippen molar-refractivity contribution in [2.75, 3.05) is 31.2 Å². The van der Waals surface area contributed by atoms with E-state index in [9.17, 15) is 63.0 Å². The Hall–Kier alpha value is -7.32. The maximum atomic E-state index is 14.4. The molecule has 0 bridgehead atoms. The van der Waals surface area contributed by atoms with E-state index in [-0.39, 0.29) is 54.4 Å². The lowest BCUT2D eigenvalue weighted by Crippen LogP contribution is -2.61. The fraction of sp³-hybridized carbons (Fsp3) is 0.603. The first-order valence-electron chi connectivity index (χ1n) is 28.8. The number of primary amides is 2. The van der Waals surface area contributed by atoms with Crippen LogP contribution in [-0.4, -0.2) is 155 Å². The van der Waals surface area contributed by atoms with Crippen LogP contribution >= 0.6 is 11.8 Å². The van der Waals surface area contributed by atoms with Gasteiger partial charge >= 0.3 is 0 Å². The van der Waals surface area contributed by atoms with Crippen molar-refractivity contribution in [2.24, 2.45) is 40.9 Å². The Morgan fingerprint density at radius 2 is 1.14 bits per heavy atom. The van der Waals surface area contributed by atoms with Gasteiger partial charge in [0, 0.05) is 24.1 Å². The third-order valence-electron chi connectivity index (χ3n) is 14.0. The number of carbonyl (C=O) groups is 11. The highest BCUT2D eigenvalue weighted by atomic mass is 32.2. The number of carbonyl (C=O) groups excluding carboxylic acids is 11. The van der Waals surface area contributed by atoms with Crippen LogP contribution in [0.5, 0.6) is 5.75 Å². The lowest BCUT2D eigenvalue weighted by molar-refractivity contribution is -0.137. The van der Waals surface area contributed by atoms with Crippen LogP contribution in [0, 0.1) is 23.7 Å². The zero-order valence-electron chi connectivity index (χ0n) is 49.2. The Balaban J connectivity index is 1.78. The number of amides is 11. The molecule has 0 radical (unpaired) electrons. The van der Waals surface area contributed by atoms with Gasteiger partial charge in [-0.15, -0.1) is 11.8 Å². The van der Waals surface area contributed by atoms with E-state index in [4.69, 9.17) is 17.2 Å². The first-order chi connectivity index (χ1) is 39.8. The molecule has 0 unspecified atom stereocenters. The molecule has 1 aliphatic rings. The summed E-state index contributed by atoms with van der Waals surface area (Å²) in [7, 11) is 0. The van der Waals surface area contributed by atoms with Gasteiger partial charge < -0.3 is 75.3 Å². The fourth-order valence-electron chi connectivity index (χ4n) is 9.46. The first kappa shape index (κ1) is 70.9. The summed E-state index contributed by atoms with van der Waals surface area (Å²) in [6, 6.07) is 5.57. The molecule has 17 N–H and O–H groups in total. The zero-order valence-corrected chi connectivity index (χ0v) is 50.0. The highest BCUT2D eigenvalue weighted by Gasteiger charge is 2.36. The van der Waals surface area contributed by atoms with Gasteiger partial charge in [-0.2, -0.15) is 0 Å². The second-order valence-electron chi connectivity index (χ2n) is 22.4. The van der Waals surface area contributed by atoms with Gasteiger partial charge in [0.15, 0.2) is 0 Å². The molecule has 1 saturated carbocycles. The minimum Gasteiger partial charge on any atom is -0.508 e. The minimum atomic E-state index is -1.72. The van der Waals surface area contributed by atoms with Crippen LogP contribution in [0.3, 0.4) is 0 Å². The average Bonchev–Trinajstić information content (AvgIpc) is 3.62. The number of thioether (sulfide) groups is 1. The topological polar surface area (TPSA) is 415 Å². The normalized spacial score (nSPS) is 15.7. The number of phenols is 1. The van der Waals surface area contributed by atoms with E-state index in [2.05, 4.69) is 47.9 Å². The Labute approximate surface area is 496 Å². The molecule has 25 nitrogen and oxygen atoms in total. The summed E-state index contributed by atoms with van der Waals surface area (Å²) >= 11 is 0.889. The first-order valence-corrected chi connectivity index (χ1v) is 29.9. The number of nitrogens with two attached hydrogens (primary N) is 3. The smallest absolute Gasteiger partial charge is 0.245 e. The van der Waals surface area contributed by atoms with E-state index in [1.54, 1.807) is 64.1 Å². The molecule has 84 heavy (non-hydrogen) atoms. The highest BCUT2D eigenvalue weighted by molar-refractivity contribution is 8.00. The van der Waals surface area contributed by atoms with Crippen LogP contribution in [0.2, 0.25) is 0 Å². The molecule has 3 rings (SSSR count). The fourth-order valence-corrected chi connectivity index (χ4v) is 10.3. The van der Waals surface area contributed by atoms with Gasteiger partial charge in [0.2, 0.25) is 65.0 Å². The molecule has 0 saturated heterocycles. The predicted octanol–water partition coefficient (Wildman–Crippen LogP) is -0.674. The van der Waals surface area contributed by atoms with Crippen molar-refractivity contribution in [3.63, 3.8) is 0 Å². The van der Waals surface area contributed by atoms with Gasteiger partial charge in [0.05, 0.1) is 25.3 Å². The molecule has 0 spiro atoms. The molecule has 0 heterocycles. The SMILES string of the molecule is CC(C)C[C@@H](NC(=O)[C@@H](C)CCCN)C(=O)N[C@@H](CC(N)=O)C(=O)N[C@@H](CC1CCCCC1)C(=O)N[C@H](C(=O)N[C@@H](CO)C(=O)N[C@@H](CSCC(=O)N[C@@H](Cc1ccccc1)C(=O)N[C@H](C)Cc1ccc(O)cc1)C(=O)NCC(N)=O)C(C)C. The maximum Gasteiger partial charge on any atom is 0.245 e. The molecule has 1 fully saturated rings. The van der Waals surface area contributed by atoms with Crippen LogP contribution in [0.25, 0.3) is 0 Å². The number of phenolic OH excluding ortho intramolecular Hbond substituents is 1. The number of benzene rings is 2. The van der Waals surface area contributed by atoms with Crippen LogP contribution in [0.1, 0.15) is 117 Å². The molecule has 2 aromatic carbocycles. The molecule has 0 aromatic heterocycles. The van der Waals surface area contributed by atoms with Crippen LogP contribution in [0.4, 0.5) is 0 Å². The molecule has 1 aliphatic carbocycles. The van der Waals surface area contributed by atoms with Gasteiger partial charge in [0.25, 0.3) is 0 Å². The van der Waals surface area contributed by atoms with E-state index in [1.165, 1.54) is 12.1 Å². The largest absolute Gasteiger partial charge is 0.508 e. The van der Waals surface area contributed by atoms with E-state index >= 15 is 0 Å². The van der Waals surface area contributed by atoms with Crippen LogP contribution < -0.4 is 65.1 Å². The predicted molar refractivity (Wildman–Crippen MR) is 316 cm³/mol. The Morgan fingerprint density at radius 3 is 1.74 bits per heavy atom. The van der Waals surface area contributed by atoms with Crippen molar-refractivity contribution in [1.29, 1.82) is 0 Å². The number of hydrogen-bond acceptors (Lipinski definition) is 15. The third kappa shape index (κ3) is 26.5. The highest BCUT2D eigenvalue weighted by Crippen LogP contribution is 2.28. The molecule has 26 heteroatoms. The zero-order chi connectivity index (χ0) is 62.5. The lowest BCUT2D eigenvalue weighted by Gasteiger charge is -2.31. The Kier molecular flexibility index (Phi) is 31.3. The van der Waals surface area contributed by atoms with Crippen molar-refractivity contribution < 1.29 is 63.0 Å². The second kappa shape index (κ2) is 37.1. The lowest BCUT2D eigenvalue weighted by atomic mass is 9.84. The molecule has 0 aliphatic heterocycles. The molecular formula is C58H90N12O13S. The number of hydrogen-bond donors (Lipinski definition) is 14. The number of aliphatic hydroxyl groups is 1. The van der Waals surface area contributed by atoms with E-state index in [0.717, 1.165) is 55.0 Å². The summed E-state index contributed by atoms with van der Waals surface area (Å²) in [6.45, 7) is 9.13. The summed E-state index contributed by atoms with van der Waals surface area (Å²) in [5.74, 6) is -10.5. The van der Waals surface area contributed by atoms with Crippen molar-refractivity contribution in [2.45, 2.75) is 167 Å². The van der Waals surface area contributed by atoms with Crippen molar-refractivity contribution in [1.82, 2.24) is 47.9 Å². The molecule has 2 aromatic rings. The van der Waals surface area contributed by atoms with Gasteiger partial charge in [-0.3, -0.25) is 52.7 Å². The third-order valence-corrected chi connectivity index (χ3v) is 15.1. The van der Waals surface area contributed by atoms with Crippen LogP contribution in [-0.2, 0) is 65.6 Å². The number of nitrogens with one attached hydrogen (secondary N) is 9. The average molecular weight is 1200 g/mol. The van der Waals surface area contributed by atoms with Crippen molar-refractivity contribution in [3.8, 4) is 5.75 Å². The molecule has 9 atom stereocenters. The Morgan fingerprint density at radius 1 is 0.583 bits per heavy atom. The maximum absolute atomic E-state index is 14.4. The summed E-state index contributed by atoms with van der Waals surface area (Å²) in [5.41, 5.74) is 18.1. The van der Waals surface area contributed by atoms with Gasteiger partial charge in [-0.25, -0.2) is 0 Å².